The van der Waals surface area contributed by atoms with Gasteiger partial charge in [-0.2, -0.15) is 0 Å². The molecule has 0 heterocycles. The molecule has 8 aliphatic rings. The highest BCUT2D eigenvalue weighted by molar-refractivity contribution is 5.96. The number of benzene rings is 3. The van der Waals surface area contributed by atoms with E-state index >= 15 is 0 Å². The SMILES string of the molecule is CCC1=CC=C(N(c2cc(CC)c3c4c2C=C2C5=C(C=C(N(C6=CCC(CC)C=C6)c6cccc7ccccc67)C(CC3)C54)CCC2(C)C)C2C=CC=C3C=CCCC32)CC1. The molecule has 0 saturated carbocycles. The molecule has 310 valence electrons. The number of rotatable bonds is 9. The Morgan fingerprint density at radius 1 is 0.803 bits per heavy atom. The van der Waals surface area contributed by atoms with Crippen molar-refractivity contribution in [3.05, 3.63) is 183 Å². The molecule has 2 heteroatoms. The molecule has 11 rings (SSSR count). The minimum Gasteiger partial charge on any atom is -0.337 e. The van der Waals surface area contributed by atoms with Crippen LogP contribution >= 0.6 is 0 Å². The van der Waals surface area contributed by atoms with Crippen molar-refractivity contribution in [1.82, 2.24) is 0 Å². The lowest BCUT2D eigenvalue weighted by molar-refractivity contribution is 0.364. The fraction of sp³-hybridized carbons (Fsp3) is 0.390. The Balaban J connectivity index is 1.15. The van der Waals surface area contributed by atoms with Gasteiger partial charge in [0.2, 0.25) is 0 Å². The summed E-state index contributed by atoms with van der Waals surface area (Å²) in [6, 6.07) is 19.0. The maximum atomic E-state index is 2.88. The van der Waals surface area contributed by atoms with E-state index in [1.54, 1.807) is 39.0 Å². The van der Waals surface area contributed by atoms with Crippen molar-refractivity contribution in [3.63, 3.8) is 0 Å². The summed E-state index contributed by atoms with van der Waals surface area (Å²) in [5.41, 5.74) is 21.6. The Labute approximate surface area is 365 Å². The van der Waals surface area contributed by atoms with E-state index in [2.05, 4.69) is 166 Å². The summed E-state index contributed by atoms with van der Waals surface area (Å²) in [5, 5.41) is 2.65. The average molecular weight is 801 g/mol. The molecule has 0 spiro atoms. The zero-order valence-corrected chi connectivity index (χ0v) is 37.3. The molecule has 5 atom stereocenters. The smallest absolute Gasteiger partial charge is 0.0591 e. The van der Waals surface area contributed by atoms with E-state index in [0.717, 1.165) is 51.4 Å². The summed E-state index contributed by atoms with van der Waals surface area (Å²) in [5.74, 6) is 1.82. The number of hydrogen-bond donors (Lipinski definition) is 0. The molecular weight excluding hydrogens is 737 g/mol. The average Bonchev–Trinajstić information content (AvgIpc) is 3.31. The predicted octanol–water partition coefficient (Wildman–Crippen LogP) is 15.5. The number of anilines is 2. The molecule has 8 aliphatic carbocycles. The Morgan fingerprint density at radius 3 is 2.49 bits per heavy atom. The van der Waals surface area contributed by atoms with Gasteiger partial charge in [0, 0.05) is 51.5 Å². The summed E-state index contributed by atoms with van der Waals surface area (Å²) in [6.07, 6.45) is 43.8. The standard InChI is InChI=1S/C59H64N2/c1-6-38-23-27-44(28-24-38)60(52-21-13-17-41-15-9-11-19-46(41)52)54-36-43-33-34-59(4,5)51-37-50-55(35-40(8-3)48-31-32-49(54)58(56(43)51)57(48)50)61(45-29-25-39(7-2)26-30-45)53-22-14-18-42-16-10-12-20-47(42)53/h9-11,13-19,21-23,25,27-29,35-38,47,49,53,58H,6-8,12,20,24,26,30-34H2,1-5H3. The Bertz CT molecular complexity index is 2630. The van der Waals surface area contributed by atoms with E-state index in [-0.39, 0.29) is 11.5 Å². The fourth-order valence-electron chi connectivity index (χ4n) is 12.8. The molecule has 3 aromatic carbocycles. The maximum Gasteiger partial charge on any atom is 0.0591 e. The topological polar surface area (TPSA) is 6.48 Å². The van der Waals surface area contributed by atoms with Crippen molar-refractivity contribution in [2.24, 2.45) is 23.2 Å². The maximum absolute atomic E-state index is 2.88. The van der Waals surface area contributed by atoms with E-state index in [0.29, 0.717) is 23.7 Å². The van der Waals surface area contributed by atoms with E-state index in [1.807, 2.05) is 0 Å². The van der Waals surface area contributed by atoms with Gasteiger partial charge in [0.25, 0.3) is 0 Å². The third-order valence-corrected chi connectivity index (χ3v) is 16.2. The quantitative estimate of drug-likeness (QED) is 0.213. The van der Waals surface area contributed by atoms with E-state index < -0.39 is 0 Å². The third-order valence-electron chi connectivity index (χ3n) is 16.2. The van der Waals surface area contributed by atoms with Crippen LogP contribution in [0, 0.1) is 23.2 Å². The van der Waals surface area contributed by atoms with Gasteiger partial charge in [-0.25, -0.2) is 0 Å². The Kier molecular flexibility index (Phi) is 9.78. The van der Waals surface area contributed by atoms with Crippen LogP contribution in [-0.4, -0.2) is 6.04 Å². The van der Waals surface area contributed by atoms with Crippen LogP contribution in [0.4, 0.5) is 11.4 Å². The van der Waals surface area contributed by atoms with Crippen LogP contribution in [0.5, 0.6) is 0 Å². The lowest BCUT2D eigenvalue weighted by Crippen LogP contribution is -2.43. The van der Waals surface area contributed by atoms with Gasteiger partial charge >= 0.3 is 0 Å². The van der Waals surface area contributed by atoms with E-state index in [4.69, 9.17) is 0 Å². The highest BCUT2D eigenvalue weighted by Crippen LogP contribution is 2.63. The van der Waals surface area contributed by atoms with Crippen LogP contribution < -0.4 is 9.80 Å². The van der Waals surface area contributed by atoms with Crippen LogP contribution in [-0.2, 0) is 12.8 Å². The molecule has 0 aliphatic heterocycles. The predicted molar refractivity (Wildman–Crippen MR) is 260 cm³/mol. The van der Waals surface area contributed by atoms with Crippen LogP contribution in [0.2, 0.25) is 0 Å². The van der Waals surface area contributed by atoms with Gasteiger partial charge in [0.15, 0.2) is 0 Å². The zero-order valence-electron chi connectivity index (χ0n) is 37.3. The second kappa shape index (κ2) is 15.4. The minimum absolute atomic E-state index is 0.104. The normalized spacial score (nSPS) is 26.7. The van der Waals surface area contributed by atoms with Crippen molar-refractivity contribution < 1.29 is 0 Å². The molecule has 2 nitrogen and oxygen atoms in total. The molecule has 3 aromatic rings. The first-order valence-corrected chi connectivity index (χ1v) is 24.1. The molecule has 0 aromatic heterocycles. The van der Waals surface area contributed by atoms with Crippen LogP contribution in [0.15, 0.2) is 160 Å². The molecular formula is C59H64N2. The lowest BCUT2D eigenvalue weighted by atomic mass is 9.55. The van der Waals surface area contributed by atoms with Crippen LogP contribution in [0.1, 0.15) is 127 Å². The van der Waals surface area contributed by atoms with Gasteiger partial charge in [0.1, 0.15) is 0 Å². The van der Waals surface area contributed by atoms with Gasteiger partial charge in [-0.15, -0.1) is 0 Å². The summed E-state index contributed by atoms with van der Waals surface area (Å²) in [4.78, 5) is 5.61. The molecule has 0 amide bonds. The Hall–Kier alpha value is -5.08. The highest BCUT2D eigenvalue weighted by Gasteiger charge is 2.50. The molecule has 0 bridgehead atoms. The van der Waals surface area contributed by atoms with Gasteiger partial charge in [-0.3, -0.25) is 0 Å². The third kappa shape index (κ3) is 6.33. The second-order valence-corrected chi connectivity index (χ2v) is 19.8. The molecule has 0 saturated heterocycles. The molecule has 0 N–H and O–H groups in total. The van der Waals surface area contributed by atoms with Crippen LogP contribution in [0.3, 0.4) is 0 Å². The summed E-state index contributed by atoms with van der Waals surface area (Å²) in [6.45, 7) is 12.2. The van der Waals surface area contributed by atoms with Crippen molar-refractivity contribution in [1.29, 1.82) is 0 Å². The zero-order chi connectivity index (χ0) is 41.4. The first-order valence-electron chi connectivity index (χ1n) is 24.1. The van der Waals surface area contributed by atoms with Crippen molar-refractivity contribution in [3.8, 4) is 0 Å². The number of aryl methyl sites for hydroxylation is 1. The summed E-state index contributed by atoms with van der Waals surface area (Å²) < 4.78 is 0. The number of hydrogen-bond acceptors (Lipinski definition) is 2. The monoisotopic (exact) mass is 801 g/mol. The van der Waals surface area contributed by atoms with E-state index in [9.17, 15) is 0 Å². The minimum atomic E-state index is 0.104. The van der Waals surface area contributed by atoms with Gasteiger partial charge in [-0.05, 0) is 169 Å². The van der Waals surface area contributed by atoms with Crippen molar-refractivity contribution >= 4 is 28.2 Å². The van der Waals surface area contributed by atoms with Gasteiger partial charge in [-0.1, -0.05) is 125 Å². The van der Waals surface area contributed by atoms with Gasteiger partial charge < -0.3 is 9.80 Å². The molecule has 61 heavy (non-hydrogen) atoms. The molecule has 0 radical (unpaired) electrons. The first kappa shape index (κ1) is 38.8. The highest BCUT2D eigenvalue weighted by atomic mass is 15.2. The van der Waals surface area contributed by atoms with Crippen molar-refractivity contribution in [2.75, 3.05) is 9.80 Å². The Morgan fingerprint density at radius 2 is 1.69 bits per heavy atom. The summed E-state index contributed by atoms with van der Waals surface area (Å²) in [7, 11) is 0. The molecule has 5 unspecified atom stereocenters. The summed E-state index contributed by atoms with van der Waals surface area (Å²) >= 11 is 0. The number of allylic oxidation sites excluding steroid dienone is 16. The number of fused-ring (bicyclic) bond motifs is 2. The lowest BCUT2D eigenvalue weighted by Gasteiger charge is -2.52. The largest absolute Gasteiger partial charge is 0.337 e. The number of nitrogens with zero attached hydrogens (tertiary/aromatic N) is 2. The fourth-order valence-corrected chi connectivity index (χ4v) is 12.8. The van der Waals surface area contributed by atoms with Crippen molar-refractivity contribution in [2.45, 2.75) is 124 Å². The van der Waals surface area contributed by atoms with Gasteiger partial charge in [0.05, 0.1) is 11.7 Å². The second-order valence-electron chi connectivity index (χ2n) is 19.8. The first-order chi connectivity index (χ1) is 29.9. The van der Waals surface area contributed by atoms with E-state index in [1.165, 1.54) is 76.1 Å². The molecule has 0 fully saturated rings. The van der Waals surface area contributed by atoms with Crippen LogP contribution in [0.25, 0.3) is 16.8 Å².